The van der Waals surface area contributed by atoms with Crippen molar-refractivity contribution in [3.63, 3.8) is 0 Å². The first-order valence-corrected chi connectivity index (χ1v) is 6.51. The maximum absolute atomic E-state index is 10.5. The van der Waals surface area contributed by atoms with Crippen LogP contribution in [-0.2, 0) is 0 Å². The second-order valence-electron chi connectivity index (χ2n) is 6.08. The fourth-order valence-electron chi connectivity index (χ4n) is 3.19. The highest BCUT2D eigenvalue weighted by Gasteiger charge is 2.43. The van der Waals surface area contributed by atoms with E-state index in [0.29, 0.717) is 17.8 Å². The van der Waals surface area contributed by atoms with E-state index in [1.54, 1.807) is 0 Å². The summed E-state index contributed by atoms with van der Waals surface area (Å²) in [6, 6.07) is 0. The van der Waals surface area contributed by atoms with Crippen LogP contribution in [0.2, 0.25) is 0 Å². The predicted octanol–water partition coefficient (Wildman–Crippen LogP) is 3.70. The monoisotopic (exact) mass is 220 g/mol. The highest BCUT2D eigenvalue weighted by Crippen LogP contribution is 2.47. The molecule has 0 unspecified atom stereocenters. The average Bonchev–Trinajstić information content (AvgIpc) is 2.38. The van der Waals surface area contributed by atoms with Crippen LogP contribution in [0.5, 0.6) is 0 Å². The van der Waals surface area contributed by atoms with E-state index in [4.69, 9.17) is 0 Å². The van der Waals surface area contributed by atoms with Gasteiger partial charge in [-0.3, -0.25) is 0 Å². The molecule has 0 amide bonds. The molecular weight excluding hydrogens is 196 g/mol. The molecule has 2 aliphatic carbocycles. The normalized spacial score (nSPS) is 39.1. The minimum Gasteiger partial charge on any atom is -0.390 e. The third-order valence-electron chi connectivity index (χ3n) is 4.49. The van der Waals surface area contributed by atoms with Gasteiger partial charge < -0.3 is 5.11 Å². The van der Waals surface area contributed by atoms with Gasteiger partial charge in [-0.1, -0.05) is 37.1 Å². The predicted molar refractivity (Wildman–Crippen MR) is 68.1 cm³/mol. The summed E-state index contributed by atoms with van der Waals surface area (Å²) in [4.78, 5) is 0. The van der Waals surface area contributed by atoms with Gasteiger partial charge >= 0.3 is 0 Å². The molecule has 1 fully saturated rings. The first-order valence-electron chi connectivity index (χ1n) is 6.51. The molecule has 0 aromatic carbocycles. The highest BCUT2D eigenvalue weighted by atomic mass is 16.3. The Morgan fingerprint density at radius 1 is 1.44 bits per heavy atom. The van der Waals surface area contributed by atoms with Crippen LogP contribution in [0.4, 0.5) is 0 Å². The molecule has 2 aliphatic rings. The fourth-order valence-corrected chi connectivity index (χ4v) is 3.19. The molecule has 1 nitrogen and oxygen atoms in total. The van der Waals surface area contributed by atoms with Crippen molar-refractivity contribution in [2.75, 3.05) is 0 Å². The molecular formula is C15H24O. The Labute approximate surface area is 99.3 Å². The minimum atomic E-state index is -0.496. The maximum atomic E-state index is 10.5. The molecule has 90 valence electrons. The zero-order valence-corrected chi connectivity index (χ0v) is 11.0. The van der Waals surface area contributed by atoms with Crippen molar-refractivity contribution >= 4 is 0 Å². The molecule has 0 saturated heterocycles. The van der Waals surface area contributed by atoms with Gasteiger partial charge in [-0.05, 0) is 44.9 Å². The first kappa shape index (κ1) is 11.9. The van der Waals surface area contributed by atoms with Gasteiger partial charge in [0.25, 0.3) is 0 Å². The van der Waals surface area contributed by atoms with Crippen LogP contribution in [0.25, 0.3) is 0 Å². The fraction of sp³-hybridized carbons (Fsp3) is 0.733. The molecule has 0 heterocycles. The standard InChI is InChI=1S/C15H24O/c1-10(2)12-6-5-11(3)13-7-8-15(4,16)14(13)9-12/h5,9-10,13-14,16H,6-8H2,1-4H3/t13-,14-,15+/m1/s1. The smallest absolute Gasteiger partial charge is 0.0688 e. The SMILES string of the molecule is CC1=CCC(C(C)C)=C[C@@H]2[C@@H]1CC[C@]2(C)O. The van der Waals surface area contributed by atoms with Crippen LogP contribution >= 0.6 is 0 Å². The minimum absolute atomic E-state index is 0.337. The Hall–Kier alpha value is -0.560. The van der Waals surface area contributed by atoms with Crippen LogP contribution in [-0.4, -0.2) is 10.7 Å². The first-order chi connectivity index (χ1) is 7.42. The van der Waals surface area contributed by atoms with E-state index in [1.165, 1.54) is 11.1 Å². The van der Waals surface area contributed by atoms with Crippen molar-refractivity contribution in [3.8, 4) is 0 Å². The van der Waals surface area contributed by atoms with Gasteiger partial charge in [-0.25, -0.2) is 0 Å². The quantitative estimate of drug-likeness (QED) is 0.668. The van der Waals surface area contributed by atoms with Crippen molar-refractivity contribution in [3.05, 3.63) is 23.3 Å². The van der Waals surface area contributed by atoms with Gasteiger partial charge in [0.05, 0.1) is 5.60 Å². The van der Waals surface area contributed by atoms with Crippen molar-refractivity contribution < 1.29 is 5.11 Å². The lowest BCUT2D eigenvalue weighted by Gasteiger charge is -2.27. The molecule has 0 radical (unpaired) electrons. The Kier molecular flexibility index (Phi) is 3.00. The second-order valence-corrected chi connectivity index (χ2v) is 6.08. The lowest BCUT2D eigenvalue weighted by molar-refractivity contribution is 0.0329. The van der Waals surface area contributed by atoms with Crippen LogP contribution in [0.3, 0.4) is 0 Å². The zero-order chi connectivity index (χ0) is 11.9. The number of aliphatic hydroxyl groups is 1. The Morgan fingerprint density at radius 3 is 2.75 bits per heavy atom. The average molecular weight is 220 g/mol. The largest absolute Gasteiger partial charge is 0.390 e. The van der Waals surface area contributed by atoms with Gasteiger partial charge in [0.1, 0.15) is 0 Å². The van der Waals surface area contributed by atoms with Crippen molar-refractivity contribution in [2.24, 2.45) is 17.8 Å². The molecule has 2 rings (SSSR count). The summed E-state index contributed by atoms with van der Waals surface area (Å²) < 4.78 is 0. The molecule has 0 spiro atoms. The number of allylic oxidation sites excluding steroid dienone is 3. The van der Waals surface area contributed by atoms with Crippen molar-refractivity contribution in [2.45, 2.75) is 52.6 Å². The van der Waals surface area contributed by atoms with Gasteiger partial charge in [0.2, 0.25) is 0 Å². The lowest BCUT2D eigenvalue weighted by Crippen LogP contribution is -2.30. The third-order valence-corrected chi connectivity index (χ3v) is 4.49. The van der Waals surface area contributed by atoms with E-state index >= 15 is 0 Å². The van der Waals surface area contributed by atoms with Crippen LogP contribution in [0, 0.1) is 17.8 Å². The van der Waals surface area contributed by atoms with E-state index in [-0.39, 0.29) is 0 Å². The van der Waals surface area contributed by atoms with E-state index < -0.39 is 5.60 Å². The summed E-state index contributed by atoms with van der Waals surface area (Å²) in [6.45, 7) is 8.74. The van der Waals surface area contributed by atoms with E-state index in [2.05, 4.69) is 32.9 Å². The number of fused-ring (bicyclic) bond motifs is 1. The number of hydrogen-bond acceptors (Lipinski definition) is 1. The van der Waals surface area contributed by atoms with Gasteiger partial charge in [-0.15, -0.1) is 0 Å². The molecule has 0 aliphatic heterocycles. The van der Waals surface area contributed by atoms with E-state index in [0.717, 1.165) is 19.3 Å². The molecule has 0 aromatic rings. The van der Waals surface area contributed by atoms with Crippen LogP contribution in [0.1, 0.15) is 47.0 Å². The summed E-state index contributed by atoms with van der Waals surface area (Å²) in [6.07, 6.45) is 7.90. The van der Waals surface area contributed by atoms with Crippen molar-refractivity contribution in [1.29, 1.82) is 0 Å². The van der Waals surface area contributed by atoms with Crippen LogP contribution < -0.4 is 0 Å². The van der Waals surface area contributed by atoms with Gasteiger partial charge in [0.15, 0.2) is 0 Å². The Morgan fingerprint density at radius 2 is 2.12 bits per heavy atom. The van der Waals surface area contributed by atoms with Gasteiger partial charge in [0, 0.05) is 5.92 Å². The highest BCUT2D eigenvalue weighted by molar-refractivity contribution is 5.26. The number of hydrogen-bond donors (Lipinski definition) is 1. The van der Waals surface area contributed by atoms with Crippen LogP contribution in [0.15, 0.2) is 23.3 Å². The molecule has 16 heavy (non-hydrogen) atoms. The molecule has 3 atom stereocenters. The van der Waals surface area contributed by atoms with E-state index in [9.17, 15) is 5.11 Å². The lowest BCUT2D eigenvalue weighted by atomic mass is 9.83. The summed E-state index contributed by atoms with van der Waals surface area (Å²) >= 11 is 0. The summed E-state index contributed by atoms with van der Waals surface area (Å²) in [5.74, 6) is 1.51. The van der Waals surface area contributed by atoms with E-state index in [1.807, 2.05) is 6.92 Å². The summed E-state index contributed by atoms with van der Waals surface area (Å²) in [5.41, 5.74) is 2.48. The summed E-state index contributed by atoms with van der Waals surface area (Å²) in [5, 5.41) is 10.5. The Bertz CT molecular complexity index is 333. The third kappa shape index (κ3) is 1.98. The molecule has 1 heteroatoms. The summed E-state index contributed by atoms with van der Waals surface area (Å²) in [7, 11) is 0. The maximum Gasteiger partial charge on any atom is 0.0688 e. The number of rotatable bonds is 1. The molecule has 1 N–H and O–H groups in total. The topological polar surface area (TPSA) is 20.2 Å². The zero-order valence-electron chi connectivity index (χ0n) is 11.0. The molecule has 0 aromatic heterocycles. The Balaban J connectivity index is 2.37. The van der Waals surface area contributed by atoms with Gasteiger partial charge in [-0.2, -0.15) is 0 Å². The second kappa shape index (κ2) is 4.03. The molecule has 0 bridgehead atoms. The molecule has 1 saturated carbocycles. The van der Waals surface area contributed by atoms with Crippen molar-refractivity contribution in [1.82, 2.24) is 0 Å².